The first kappa shape index (κ1) is 18.4. The first-order valence-corrected chi connectivity index (χ1v) is 11.1. The molecular formula is C19H23FN2O4S. The molecule has 2 amide bonds. The number of amides is 2. The van der Waals surface area contributed by atoms with E-state index in [1.165, 1.54) is 12.1 Å². The van der Waals surface area contributed by atoms with Gasteiger partial charge >= 0.3 is 0 Å². The van der Waals surface area contributed by atoms with Crippen LogP contribution in [0.5, 0.6) is 0 Å². The van der Waals surface area contributed by atoms with E-state index in [0.29, 0.717) is 6.54 Å². The summed E-state index contributed by atoms with van der Waals surface area (Å²) in [6.07, 6.45) is 3.33. The molecular weight excluding hydrogens is 371 g/mol. The van der Waals surface area contributed by atoms with E-state index in [1.807, 2.05) is 6.07 Å². The standard InChI is InChI=1S/C19H23FN2O4S/c20-14-3-1-2-13(8-14)19(6-7-19)11-21-18(24)15-9-27(25,26)10-16(15)22-17(23)12-4-5-12/h1-3,8,12,15-16H,4-7,9-11H2,(H,21,24)(H,22,23)/t15-,16-/m1/s1. The van der Waals surface area contributed by atoms with Crippen LogP contribution in [0.1, 0.15) is 31.2 Å². The molecule has 2 atom stereocenters. The monoisotopic (exact) mass is 394 g/mol. The maximum absolute atomic E-state index is 13.5. The summed E-state index contributed by atoms with van der Waals surface area (Å²) < 4.78 is 37.5. The zero-order chi connectivity index (χ0) is 19.2. The molecule has 1 heterocycles. The first-order valence-electron chi connectivity index (χ1n) is 9.33. The molecule has 3 fully saturated rings. The first-order chi connectivity index (χ1) is 12.8. The van der Waals surface area contributed by atoms with Gasteiger partial charge in [-0.3, -0.25) is 9.59 Å². The van der Waals surface area contributed by atoms with E-state index in [-0.39, 0.29) is 40.5 Å². The molecule has 1 aliphatic heterocycles. The zero-order valence-corrected chi connectivity index (χ0v) is 15.7. The van der Waals surface area contributed by atoms with E-state index >= 15 is 0 Å². The Morgan fingerprint density at radius 1 is 1.15 bits per heavy atom. The van der Waals surface area contributed by atoms with Crippen molar-refractivity contribution in [3.05, 3.63) is 35.6 Å². The fourth-order valence-electron chi connectivity index (χ4n) is 3.82. The van der Waals surface area contributed by atoms with Crippen LogP contribution >= 0.6 is 0 Å². The van der Waals surface area contributed by atoms with Crippen LogP contribution in [0.15, 0.2) is 24.3 Å². The van der Waals surface area contributed by atoms with Crippen molar-refractivity contribution in [1.82, 2.24) is 10.6 Å². The van der Waals surface area contributed by atoms with Gasteiger partial charge in [0.2, 0.25) is 11.8 Å². The van der Waals surface area contributed by atoms with Crippen LogP contribution in [0.2, 0.25) is 0 Å². The molecule has 8 heteroatoms. The Kier molecular flexibility index (Phi) is 4.49. The lowest BCUT2D eigenvalue weighted by atomic mass is 9.95. The highest BCUT2D eigenvalue weighted by Gasteiger charge is 2.47. The van der Waals surface area contributed by atoms with Gasteiger partial charge in [0.05, 0.1) is 23.5 Å². The molecule has 1 aromatic rings. The quantitative estimate of drug-likeness (QED) is 0.750. The van der Waals surface area contributed by atoms with Gasteiger partial charge in [-0.25, -0.2) is 12.8 Å². The van der Waals surface area contributed by atoms with Crippen LogP contribution in [0.25, 0.3) is 0 Å². The van der Waals surface area contributed by atoms with Gasteiger partial charge in [0.25, 0.3) is 0 Å². The summed E-state index contributed by atoms with van der Waals surface area (Å²) >= 11 is 0. The van der Waals surface area contributed by atoms with E-state index < -0.39 is 21.8 Å². The number of sulfone groups is 1. The molecule has 4 rings (SSSR count). The van der Waals surface area contributed by atoms with Crippen molar-refractivity contribution in [3.63, 3.8) is 0 Å². The fraction of sp³-hybridized carbons (Fsp3) is 0.579. The number of nitrogens with one attached hydrogen (secondary N) is 2. The van der Waals surface area contributed by atoms with Crippen LogP contribution < -0.4 is 10.6 Å². The number of carbonyl (C=O) groups is 2. The molecule has 0 bridgehead atoms. The summed E-state index contributed by atoms with van der Waals surface area (Å²) in [5.74, 6) is -2.09. The van der Waals surface area contributed by atoms with Gasteiger partial charge in [-0.15, -0.1) is 0 Å². The third-order valence-corrected chi connectivity index (χ3v) is 7.59. The van der Waals surface area contributed by atoms with Crippen molar-refractivity contribution < 1.29 is 22.4 Å². The SMILES string of the molecule is O=C(N[C@@H]1CS(=O)(=O)C[C@H]1C(=O)NCC1(c2cccc(F)c2)CC1)C1CC1. The third kappa shape index (κ3) is 4.00. The molecule has 2 saturated carbocycles. The van der Waals surface area contributed by atoms with Crippen LogP contribution in [0.3, 0.4) is 0 Å². The Morgan fingerprint density at radius 2 is 1.89 bits per heavy atom. The van der Waals surface area contributed by atoms with Gasteiger partial charge in [0.1, 0.15) is 5.82 Å². The molecule has 3 aliphatic rings. The largest absolute Gasteiger partial charge is 0.355 e. The van der Waals surface area contributed by atoms with Gasteiger partial charge in [-0.05, 0) is 43.4 Å². The lowest BCUT2D eigenvalue weighted by Gasteiger charge is -2.22. The normalized spacial score (nSPS) is 27.7. The van der Waals surface area contributed by atoms with Crippen molar-refractivity contribution in [2.24, 2.45) is 11.8 Å². The average molecular weight is 394 g/mol. The van der Waals surface area contributed by atoms with E-state index in [1.54, 1.807) is 6.07 Å². The predicted molar refractivity (Wildman–Crippen MR) is 97.1 cm³/mol. The smallest absolute Gasteiger partial charge is 0.226 e. The number of halogens is 1. The Labute approximate surface area is 157 Å². The Morgan fingerprint density at radius 3 is 2.52 bits per heavy atom. The summed E-state index contributed by atoms with van der Waals surface area (Å²) in [5.41, 5.74) is 0.572. The molecule has 27 heavy (non-hydrogen) atoms. The Bertz CT molecular complexity index is 877. The average Bonchev–Trinajstić information content (AvgIpc) is 3.51. The fourth-order valence-corrected chi connectivity index (χ4v) is 5.75. The van der Waals surface area contributed by atoms with Gasteiger partial charge in [0.15, 0.2) is 9.84 Å². The summed E-state index contributed by atoms with van der Waals surface area (Å²) in [6, 6.07) is 5.69. The highest BCUT2D eigenvalue weighted by Crippen LogP contribution is 2.47. The summed E-state index contributed by atoms with van der Waals surface area (Å²) in [4.78, 5) is 24.7. The topological polar surface area (TPSA) is 92.3 Å². The molecule has 0 spiro atoms. The molecule has 2 N–H and O–H groups in total. The highest BCUT2D eigenvalue weighted by atomic mass is 32.2. The third-order valence-electron chi connectivity index (χ3n) is 5.86. The Balaban J connectivity index is 1.41. The Hall–Kier alpha value is -1.96. The van der Waals surface area contributed by atoms with Crippen LogP contribution in [-0.4, -0.2) is 44.3 Å². The second kappa shape index (κ2) is 6.58. The minimum atomic E-state index is -3.36. The van der Waals surface area contributed by atoms with Crippen LogP contribution in [-0.2, 0) is 24.8 Å². The molecule has 2 aliphatic carbocycles. The minimum Gasteiger partial charge on any atom is -0.355 e. The molecule has 0 aromatic heterocycles. The summed E-state index contributed by atoms with van der Waals surface area (Å²) in [6.45, 7) is 0.342. The van der Waals surface area contributed by atoms with Crippen LogP contribution in [0.4, 0.5) is 4.39 Å². The van der Waals surface area contributed by atoms with Crippen molar-refractivity contribution in [3.8, 4) is 0 Å². The number of hydrogen-bond acceptors (Lipinski definition) is 4. The van der Waals surface area contributed by atoms with Crippen molar-refractivity contribution in [1.29, 1.82) is 0 Å². The van der Waals surface area contributed by atoms with E-state index in [9.17, 15) is 22.4 Å². The molecule has 146 valence electrons. The number of hydrogen-bond donors (Lipinski definition) is 2. The maximum Gasteiger partial charge on any atom is 0.226 e. The maximum atomic E-state index is 13.5. The van der Waals surface area contributed by atoms with Crippen LogP contribution in [0, 0.1) is 17.7 Å². The number of rotatable bonds is 6. The van der Waals surface area contributed by atoms with Gasteiger partial charge in [-0.2, -0.15) is 0 Å². The van der Waals surface area contributed by atoms with Crippen molar-refractivity contribution in [2.45, 2.75) is 37.1 Å². The van der Waals surface area contributed by atoms with E-state index in [4.69, 9.17) is 0 Å². The zero-order valence-electron chi connectivity index (χ0n) is 14.9. The van der Waals surface area contributed by atoms with Crippen molar-refractivity contribution in [2.75, 3.05) is 18.1 Å². The lowest BCUT2D eigenvalue weighted by Crippen LogP contribution is -2.47. The minimum absolute atomic E-state index is 0.0419. The molecule has 0 radical (unpaired) electrons. The molecule has 0 unspecified atom stereocenters. The lowest BCUT2D eigenvalue weighted by molar-refractivity contribution is -0.126. The highest BCUT2D eigenvalue weighted by molar-refractivity contribution is 7.91. The number of benzene rings is 1. The molecule has 1 saturated heterocycles. The predicted octanol–water partition coefficient (Wildman–Crippen LogP) is 0.913. The second-order valence-corrected chi connectivity index (χ2v) is 10.2. The summed E-state index contributed by atoms with van der Waals surface area (Å²) in [7, 11) is -3.36. The van der Waals surface area contributed by atoms with E-state index in [0.717, 1.165) is 31.2 Å². The second-order valence-electron chi connectivity index (χ2n) is 8.08. The van der Waals surface area contributed by atoms with Gasteiger partial charge < -0.3 is 10.6 Å². The van der Waals surface area contributed by atoms with E-state index in [2.05, 4.69) is 10.6 Å². The number of carbonyl (C=O) groups excluding carboxylic acids is 2. The van der Waals surface area contributed by atoms with Gasteiger partial charge in [0, 0.05) is 17.9 Å². The molecule has 6 nitrogen and oxygen atoms in total. The van der Waals surface area contributed by atoms with Gasteiger partial charge in [-0.1, -0.05) is 12.1 Å². The molecule has 1 aromatic carbocycles. The summed E-state index contributed by atoms with van der Waals surface area (Å²) in [5, 5.41) is 5.60. The van der Waals surface area contributed by atoms with Crippen molar-refractivity contribution >= 4 is 21.7 Å².